The molecule has 1 aliphatic rings. The number of carbonyl (C=O) groups excluding carboxylic acids is 2. The Kier molecular flexibility index (Phi) is 11.5. The highest BCUT2D eigenvalue weighted by Crippen LogP contribution is 2.29. The Balaban J connectivity index is 1.42. The minimum Gasteiger partial charge on any atom is -0.493 e. The van der Waals surface area contributed by atoms with E-state index in [-0.39, 0.29) is 22.4 Å². The van der Waals surface area contributed by atoms with Gasteiger partial charge in [0.1, 0.15) is 11.5 Å². The van der Waals surface area contributed by atoms with Crippen LogP contribution in [0.3, 0.4) is 0 Å². The number of hydrogen-bond donors (Lipinski definition) is 1. The third-order valence-electron chi connectivity index (χ3n) is 7.85. The Hall–Kier alpha value is -3.25. The lowest BCUT2D eigenvalue weighted by Crippen LogP contribution is -2.23. The molecular weight excluding hydrogens is 542 g/mol. The largest absolute Gasteiger partial charge is 0.493 e. The molecule has 1 atom stereocenters. The number of carbonyl (C=O) groups is 2. The van der Waals surface area contributed by atoms with Gasteiger partial charge in [0.05, 0.1) is 19.1 Å². The van der Waals surface area contributed by atoms with Gasteiger partial charge in [-0.25, -0.2) is 0 Å². The maximum absolute atomic E-state index is 13.7. The van der Waals surface area contributed by atoms with Crippen molar-refractivity contribution in [3.05, 3.63) is 89.5 Å². The van der Waals surface area contributed by atoms with Crippen molar-refractivity contribution in [2.45, 2.75) is 77.6 Å². The number of amides is 1. The van der Waals surface area contributed by atoms with Crippen molar-refractivity contribution in [3.63, 3.8) is 0 Å². The molecule has 0 radical (unpaired) electrons. The van der Waals surface area contributed by atoms with Gasteiger partial charge in [-0.05, 0) is 83.7 Å². The van der Waals surface area contributed by atoms with Crippen LogP contribution in [0.4, 0.5) is 5.69 Å². The summed E-state index contributed by atoms with van der Waals surface area (Å²) >= 11 is 1.26. The molecule has 1 N–H and O–H groups in total. The molecule has 0 heterocycles. The van der Waals surface area contributed by atoms with Crippen molar-refractivity contribution >= 4 is 28.5 Å². The highest BCUT2D eigenvalue weighted by atomic mass is 32.2. The van der Waals surface area contributed by atoms with E-state index in [2.05, 4.69) is 50.4 Å². The quantitative estimate of drug-likeness (QED) is 0.215. The zero-order chi connectivity index (χ0) is 30.0. The number of ether oxygens (including phenoxy) is 2. The lowest BCUT2D eigenvalue weighted by Gasteiger charge is -2.22. The van der Waals surface area contributed by atoms with Crippen molar-refractivity contribution in [3.8, 4) is 11.5 Å². The fraction of sp³-hybridized carbons (Fsp3) is 0.444. The van der Waals surface area contributed by atoms with E-state index < -0.39 is 0 Å². The van der Waals surface area contributed by atoms with Crippen molar-refractivity contribution in [2.24, 2.45) is 5.92 Å². The first-order valence-corrected chi connectivity index (χ1v) is 16.2. The molecular formula is C36H45NO4S. The van der Waals surface area contributed by atoms with E-state index in [1.54, 1.807) is 6.92 Å². The summed E-state index contributed by atoms with van der Waals surface area (Å²) in [5.41, 5.74) is 4.06. The Morgan fingerprint density at radius 3 is 2.10 bits per heavy atom. The van der Waals surface area contributed by atoms with E-state index >= 15 is 0 Å². The summed E-state index contributed by atoms with van der Waals surface area (Å²) in [7, 11) is 0. The molecule has 42 heavy (non-hydrogen) atoms. The average Bonchev–Trinajstić information content (AvgIpc) is 2.98. The predicted molar refractivity (Wildman–Crippen MR) is 174 cm³/mol. The summed E-state index contributed by atoms with van der Waals surface area (Å²) in [6, 6.07) is 24.0. The van der Waals surface area contributed by atoms with Crippen LogP contribution in [0.5, 0.6) is 11.5 Å². The van der Waals surface area contributed by atoms with Gasteiger partial charge in [-0.15, -0.1) is 0 Å². The van der Waals surface area contributed by atoms with Crippen LogP contribution in [-0.2, 0) is 21.4 Å². The molecule has 6 heteroatoms. The number of hydrogen-bond acceptors (Lipinski definition) is 5. The molecule has 3 aromatic rings. The van der Waals surface area contributed by atoms with Gasteiger partial charge in [-0.2, -0.15) is 0 Å². The number of rotatable bonds is 12. The second-order valence-corrected chi connectivity index (χ2v) is 13.6. The molecule has 0 aromatic heterocycles. The summed E-state index contributed by atoms with van der Waals surface area (Å²) in [6.07, 6.45) is 7.01. The number of nitrogens with one attached hydrogen (secondary N) is 1. The van der Waals surface area contributed by atoms with Crippen LogP contribution >= 0.6 is 11.8 Å². The SMILES string of the molecule is CC(=O)SCCOc1ccc(CC(C(=O)Nc2ccc(OCC3CCCCC3)cc2)c2ccc(C(C)(C)C)cc2)cc1. The molecule has 1 aliphatic carbocycles. The van der Waals surface area contributed by atoms with Crippen LogP contribution in [0.2, 0.25) is 0 Å². The fourth-order valence-corrected chi connectivity index (χ4v) is 5.77. The summed E-state index contributed by atoms with van der Waals surface area (Å²) in [5.74, 6) is 2.46. The van der Waals surface area contributed by atoms with E-state index in [1.165, 1.54) is 49.4 Å². The smallest absolute Gasteiger partial charge is 0.232 e. The zero-order valence-corrected chi connectivity index (χ0v) is 26.3. The topological polar surface area (TPSA) is 64.6 Å². The van der Waals surface area contributed by atoms with Crippen LogP contribution in [-0.4, -0.2) is 30.0 Å². The van der Waals surface area contributed by atoms with Crippen LogP contribution in [0.25, 0.3) is 0 Å². The lowest BCUT2D eigenvalue weighted by atomic mass is 9.84. The summed E-state index contributed by atoms with van der Waals surface area (Å²) in [5, 5.41) is 3.23. The lowest BCUT2D eigenvalue weighted by molar-refractivity contribution is -0.117. The van der Waals surface area contributed by atoms with Crippen molar-refractivity contribution < 1.29 is 19.1 Å². The molecule has 3 aromatic carbocycles. The summed E-state index contributed by atoms with van der Waals surface area (Å²) in [4.78, 5) is 24.8. The zero-order valence-electron chi connectivity index (χ0n) is 25.5. The molecule has 0 spiro atoms. The van der Waals surface area contributed by atoms with Crippen molar-refractivity contribution in [2.75, 3.05) is 24.3 Å². The Bertz CT molecular complexity index is 1270. The molecule has 1 unspecified atom stereocenters. The second-order valence-electron chi connectivity index (χ2n) is 12.3. The average molecular weight is 588 g/mol. The molecule has 0 aliphatic heterocycles. The third kappa shape index (κ3) is 9.94. The molecule has 4 rings (SSSR count). The van der Waals surface area contributed by atoms with Gasteiger partial charge in [0, 0.05) is 18.4 Å². The molecule has 1 amide bonds. The third-order valence-corrected chi connectivity index (χ3v) is 8.63. The normalized spacial score (nSPS) is 14.7. The van der Waals surface area contributed by atoms with E-state index in [9.17, 15) is 9.59 Å². The molecule has 0 saturated heterocycles. The maximum Gasteiger partial charge on any atom is 0.232 e. The van der Waals surface area contributed by atoms with Gasteiger partial charge >= 0.3 is 0 Å². The number of anilines is 1. The second kappa shape index (κ2) is 15.3. The van der Waals surface area contributed by atoms with E-state index in [1.807, 2.05) is 48.5 Å². The Labute approximate surface area is 255 Å². The molecule has 224 valence electrons. The predicted octanol–water partition coefficient (Wildman–Crippen LogP) is 8.57. The minimum absolute atomic E-state index is 0.0375. The minimum atomic E-state index is -0.361. The maximum atomic E-state index is 13.7. The van der Waals surface area contributed by atoms with Gasteiger partial charge < -0.3 is 14.8 Å². The Morgan fingerprint density at radius 1 is 0.857 bits per heavy atom. The van der Waals surface area contributed by atoms with Crippen molar-refractivity contribution in [1.29, 1.82) is 0 Å². The Morgan fingerprint density at radius 2 is 1.48 bits per heavy atom. The van der Waals surface area contributed by atoms with Gasteiger partial charge in [0.2, 0.25) is 5.91 Å². The summed E-state index contributed by atoms with van der Waals surface area (Å²) in [6.45, 7) is 9.37. The van der Waals surface area contributed by atoms with Crippen LogP contribution in [0.15, 0.2) is 72.8 Å². The first-order valence-electron chi connectivity index (χ1n) is 15.2. The van der Waals surface area contributed by atoms with Crippen LogP contribution < -0.4 is 14.8 Å². The van der Waals surface area contributed by atoms with Gasteiger partial charge in [-0.1, -0.05) is 88.2 Å². The molecule has 5 nitrogen and oxygen atoms in total. The van der Waals surface area contributed by atoms with E-state index in [0.717, 1.165) is 34.9 Å². The molecule has 0 bridgehead atoms. The van der Waals surface area contributed by atoms with Gasteiger partial charge in [-0.3, -0.25) is 9.59 Å². The fourth-order valence-electron chi connectivity index (χ4n) is 5.31. The van der Waals surface area contributed by atoms with Gasteiger partial charge in [0.15, 0.2) is 5.12 Å². The molecule has 1 saturated carbocycles. The standard InChI is InChI=1S/C36H45NO4S/c1-26(38)42-23-22-40-32-18-10-27(11-19-32)24-34(29-12-14-30(15-13-29)36(2,3)4)35(39)37-31-16-20-33(21-17-31)41-25-28-8-6-5-7-9-28/h10-21,28,34H,5-9,22-25H2,1-4H3,(H,37,39). The van der Waals surface area contributed by atoms with E-state index in [0.29, 0.717) is 24.7 Å². The van der Waals surface area contributed by atoms with Gasteiger partial charge in [0.25, 0.3) is 0 Å². The monoisotopic (exact) mass is 587 g/mol. The van der Waals surface area contributed by atoms with E-state index in [4.69, 9.17) is 9.47 Å². The number of benzene rings is 3. The van der Waals surface area contributed by atoms with Crippen LogP contribution in [0, 0.1) is 5.92 Å². The van der Waals surface area contributed by atoms with Crippen LogP contribution in [0.1, 0.15) is 82.4 Å². The number of thioether (sulfide) groups is 1. The highest BCUT2D eigenvalue weighted by Gasteiger charge is 2.23. The first kappa shape index (κ1) is 31.7. The van der Waals surface area contributed by atoms with Crippen molar-refractivity contribution in [1.82, 2.24) is 0 Å². The summed E-state index contributed by atoms with van der Waals surface area (Å²) < 4.78 is 11.8. The first-order chi connectivity index (χ1) is 20.2. The highest BCUT2D eigenvalue weighted by molar-refractivity contribution is 8.13. The molecule has 1 fully saturated rings.